The minimum absolute atomic E-state index is 0.0721. The second kappa shape index (κ2) is 13.6. The molecule has 2 atom stereocenters. The molecule has 206 valence electrons. The Balaban J connectivity index is 1.72. The van der Waals surface area contributed by atoms with Crippen LogP contribution in [0.4, 0.5) is 0 Å². The van der Waals surface area contributed by atoms with Crippen molar-refractivity contribution in [2.75, 3.05) is 6.61 Å². The van der Waals surface area contributed by atoms with E-state index in [0.717, 1.165) is 29.2 Å². The maximum Gasteiger partial charge on any atom is 0.251 e. The van der Waals surface area contributed by atoms with Crippen LogP contribution in [-0.4, -0.2) is 45.2 Å². The van der Waals surface area contributed by atoms with Gasteiger partial charge >= 0.3 is 0 Å². The Morgan fingerprint density at radius 1 is 1.13 bits per heavy atom. The standard InChI is InChI=1S/C30H37N5O4/c1-6-35-18-27(34-29(35)20(4)32-21(5)37)23-9-7-22(8-10-23)15-26(13-14-36)33-30(38)24-11-12-28(39-19(2)3)25(16-24)17-31/h7-12,16,18-20,26,36H,6,13-15H2,1-5H3,(H,32,37)(H,33,38)/t20-,26-/m1/s1. The van der Waals surface area contributed by atoms with Crippen LogP contribution < -0.4 is 15.4 Å². The second-order valence-corrected chi connectivity index (χ2v) is 9.77. The Bertz CT molecular complexity index is 1320. The lowest BCUT2D eigenvalue weighted by Crippen LogP contribution is -2.37. The molecular formula is C30H37N5O4. The summed E-state index contributed by atoms with van der Waals surface area (Å²) in [6.07, 6.45) is 2.80. The van der Waals surface area contributed by atoms with E-state index >= 15 is 0 Å². The van der Waals surface area contributed by atoms with Gasteiger partial charge < -0.3 is 25.0 Å². The molecule has 0 fully saturated rings. The number of nitrogens with zero attached hydrogens (tertiary/aromatic N) is 3. The van der Waals surface area contributed by atoms with E-state index in [1.807, 2.05) is 62.7 Å². The van der Waals surface area contributed by atoms with Gasteiger partial charge in [0.25, 0.3) is 5.91 Å². The zero-order valence-corrected chi connectivity index (χ0v) is 23.2. The predicted molar refractivity (Wildman–Crippen MR) is 149 cm³/mol. The second-order valence-electron chi connectivity index (χ2n) is 9.77. The molecule has 1 heterocycles. The molecule has 0 aliphatic rings. The number of nitriles is 1. The number of aromatic nitrogens is 2. The van der Waals surface area contributed by atoms with E-state index < -0.39 is 0 Å². The molecule has 0 saturated carbocycles. The largest absolute Gasteiger partial charge is 0.490 e. The molecule has 3 rings (SSSR count). The molecule has 0 aliphatic heterocycles. The van der Waals surface area contributed by atoms with E-state index in [-0.39, 0.29) is 36.6 Å². The van der Waals surface area contributed by atoms with Crippen LogP contribution in [0.25, 0.3) is 11.3 Å². The normalized spacial score (nSPS) is 12.5. The van der Waals surface area contributed by atoms with Crippen molar-refractivity contribution in [1.29, 1.82) is 5.26 Å². The number of nitrogens with one attached hydrogen (secondary N) is 2. The fourth-order valence-corrected chi connectivity index (χ4v) is 4.40. The third-order valence-electron chi connectivity index (χ3n) is 6.22. The highest BCUT2D eigenvalue weighted by Crippen LogP contribution is 2.24. The number of ether oxygens (including phenoxy) is 1. The first-order valence-electron chi connectivity index (χ1n) is 13.2. The van der Waals surface area contributed by atoms with Crippen LogP contribution in [0, 0.1) is 11.3 Å². The number of amides is 2. The summed E-state index contributed by atoms with van der Waals surface area (Å²) in [5.74, 6) is 0.812. The molecule has 0 radical (unpaired) electrons. The minimum Gasteiger partial charge on any atom is -0.490 e. The van der Waals surface area contributed by atoms with Crippen molar-refractivity contribution < 1.29 is 19.4 Å². The van der Waals surface area contributed by atoms with Crippen molar-refractivity contribution >= 4 is 11.8 Å². The average molecular weight is 532 g/mol. The van der Waals surface area contributed by atoms with Gasteiger partial charge in [0.05, 0.1) is 23.4 Å². The summed E-state index contributed by atoms with van der Waals surface area (Å²) in [5, 5.41) is 24.9. The zero-order chi connectivity index (χ0) is 28.5. The van der Waals surface area contributed by atoms with Gasteiger partial charge in [-0.15, -0.1) is 0 Å². The Morgan fingerprint density at radius 2 is 1.85 bits per heavy atom. The highest BCUT2D eigenvalue weighted by molar-refractivity contribution is 5.95. The fraction of sp³-hybridized carbons (Fsp3) is 0.400. The lowest BCUT2D eigenvalue weighted by atomic mass is 10.0. The average Bonchev–Trinajstić information content (AvgIpc) is 3.33. The maximum atomic E-state index is 13.0. The summed E-state index contributed by atoms with van der Waals surface area (Å²) >= 11 is 0. The number of benzene rings is 2. The number of aliphatic hydroxyl groups is 1. The summed E-state index contributed by atoms with van der Waals surface area (Å²) in [6.45, 7) is 9.84. The third-order valence-corrected chi connectivity index (χ3v) is 6.22. The Kier molecular flexibility index (Phi) is 10.2. The molecule has 0 saturated heterocycles. The van der Waals surface area contributed by atoms with E-state index in [1.165, 1.54) is 13.0 Å². The van der Waals surface area contributed by atoms with Crippen LogP contribution in [0.2, 0.25) is 0 Å². The Morgan fingerprint density at radius 3 is 2.44 bits per heavy atom. The molecule has 9 nitrogen and oxygen atoms in total. The number of aliphatic hydroxyl groups excluding tert-OH is 1. The van der Waals surface area contributed by atoms with Crippen LogP contribution >= 0.6 is 0 Å². The molecule has 2 amide bonds. The van der Waals surface area contributed by atoms with Gasteiger partial charge in [-0.05, 0) is 64.3 Å². The maximum absolute atomic E-state index is 13.0. The van der Waals surface area contributed by atoms with Crippen LogP contribution in [0.15, 0.2) is 48.7 Å². The summed E-state index contributed by atoms with van der Waals surface area (Å²) < 4.78 is 7.67. The van der Waals surface area contributed by atoms with E-state index in [4.69, 9.17) is 9.72 Å². The molecular weight excluding hydrogens is 494 g/mol. The van der Waals surface area contributed by atoms with Gasteiger partial charge in [0, 0.05) is 43.4 Å². The number of carbonyl (C=O) groups is 2. The monoisotopic (exact) mass is 531 g/mol. The van der Waals surface area contributed by atoms with Crippen LogP contribution in [0.5, 0.6) is 5.75 Å². The van der Waals surface area contributed by atoms with Gasteiger partial charge in [0.1, 0.15) is 17.6 Å². The SMILES string of the molecule is CCn1cc(-c2ccc(C[C@@H](CCO)NC(=O)c3ccc(OC(C)C)c(C#N)c3)cc2)nc1[C@@H](C)NC(C)=O. The highest BCUT2D eigenvalue weighted by Gasteiger charge is 2.18. The van der Waals surface area contributed by atoms with Crippen LogP contribution in [-0.2, 0) is 17.8 Å². The lowest BCUT2D eigenvalue weighted by molar-refractivity contribution is -0.119. The van der Waals surface area contributed by atoms with E-state index in [2.05, 4.69) is 16.7 Å². The predicted octanol–water partition coefficient (Wildman–Crippen LogP) is 4.15. The van der Waals surface area contributed by atoms with Gasteiger partial charge in [-0.2, -0.15) is 5.26 Å². The summed E-state index contributed by atoms with van der Waals surface area (Å²) in [7, 11) is 0. The topological polar surface area (TPSA) is 129 Å². The van der Waals surface area contributed by atoms with Crippen molar-refractivity contribution in [3.63, 3.8) is 0 Å². The molecule has 39 heavy (non-hydrogen) atoms. The van der Waals surface area contributed by atoms with Gasteiger partial charge in [-0.1, -0.05) is 24.3 Å². The number of rotatable bonds is 12. The van der Waals surface area contributed by atoms with Crippen LogP contribution in [0.1, 0.15) is 74.4 Å². The number of hydrogen-bond acceptors (Lipinski definition) is 6. The van der Waals surface area contributed by atoms with Crippen LogP contribution in [0.3, 0.4) is 0 Å². The van der Waals surface area contributed by atoms with E-state index in [9.17, 15) is 20.0 Å². The molecule has 9 heteroatoms. The fourth-order valence-electron chi connectivity index (χ4n) is 4.40. The lowest BCUT2D eigenvalue weighted by Gasteiger charge is -2.19. The number of imidazole rings is 1. The highest BCUT2D eigenvalue weighted by atomic mass is 16.5. The van der Waals surface area contributed by atoms with Crippen molar-refractivity contribution in [3.05, 3.63) is 71.2 Å². The molecule has 0 unspecified atom stereocenters. The smallest absolute Gasteiger partial charge is 0.251 e. The molecule has 3 N–H and O–H groups in total. The van der Waals surface area contributed by atoms with Crippen molar-refractivity contribution in [1.82, 2.24) is 20.2 Å². The number of carbonyl (C=O) groups excluding carboxylic acids is 2. The quantitative estimate of drug-likeness (QED) is 0.322. The third kappa shape index (κ3) is 7.91. The molecule has 0 spiro atoms. The summed E-state index contributed by atoms with van der Waals surface area (Å²) in [6, 6.07) is 14.3. The van der Waals surface area contributed by atoms with Gasteiger partial charge in [0.2, 0.25) is 5.91 Å². The minimum atomic E-state index is -0.316. The zero-order valence-electron chi connectivity index (χ0n) is 23.2. The molecule has 1 aromatic heterocycles. The van der Waals surface area contributed by atoms with Crippen molar-refractivity contribution in [3.8, 4) is 23.1 Å². The van der Waals surface area contributed by atoms with Gasteiger partial charge in [-0.25, -0.2) is 4.98 Å². The summed E-state index contributed by atoms with van der Waals surface area (Å²) in [4.78, 5) is 29.2. The molecule has 2 aromatic carbocycles. The molecule has 3 aromatic rings. The van der Waals surface area contributed by atoms with Crippen molar-refractivity contribution in [2.45, 2.75) is 72.2 Å². The Hall–Kier alpha value is -4.16. The van der Waals surface area contributed by atoms with E-state index in [1.54, 1.807) is 12.1 Å². The number of hydrogen-bond donors (Lipinski definition) is 3. The molecule has 0 bridgehead atoms. The summed E-state index contributed by atoms with van der Waals surface area (Å²) in [5.41, 5.74) is 3.41. The van der Waals surface area contributed by atoms with Crippen molar-refractivity contribution in [2.24, 2.45) is 0 Å². The molecule has 0 aliphatic carbocycles. The first kappa shape index (κ1) is 29.4. The first-order chi connectivity index (χ1) is 18.6. The number of aryl methyl sites for hydroxylation is 1. The van der Waals surface area contributed by atoms with E-state index in [0.29, 0.717) is 29.7 Å². The first-order valence-corrected chi connectivity index (χ1v) is 13.2. The Labute approximate surface area is 229 Å². The van der Waals surface area contributed by atoms with Gasteiger partial charge in [0.15, 0.2) is 0 Å². The van der Waals surface area contributed by atoms with Gasteiger partial charge in [-0.3, -0.25) is 9.59 Å².